The van der Waals surface area contributed by atoms with Crippen molar-refractivity contribution in [3.63, 3.8) is 0 Å². The van der Waals surface area contributed by atoms with E-state index in [1.807, 2.05) is 34.8 Å². The molecule has 0 unspecified atom stereocenters. The third-order valence-corrected chi connectivity index (χ3v) is 17.1. The molecule has 0 radical (unpaired) electrons. The Labute approximate surface area is 401 Å². The highest BCUT2D eigenvalue weighted by Gasteiger charge is 2.34. The maximum absolute atomic E-state index is 12.2. The van der Waals surface area contributed by atoms with E-state index in [2.05, 4.69) is 195 Å². The largest absolute Gasteiger partial charge is 0.317 e. The van der Waals surface area contributed by atoms with Crippen molar-refractivity contribution in [1.29, 1.82) is 5.26 Å². The molecule has 0 amide bonds. The molecule has 0 fully saturated rings. The lowest BCUT2D eigenvalue weighted by Gasteiger charge is -2.27. The zero-order valence-electron chi connectivity index (χ0n) is 38.5. The van der Waals surface area contributed by atoms with Gasteiger partial charge < -0.3 is 9.13 Å². The quantitative estimate of drug-likeness (QED) is 0.162. The van der Waals surface area contributed by atoms with Crippen LogP contribution in [0.25, 0.3) is 122 Å². The maximum atomic E-state index is 12.2. The minimum atomic E-state index is 0.452. The van der Waals surface area contributed by atoms with Gasteiger partial charge in [0.25, 0.3) is 0 Å². The van der Waals surface area contributed by atoms with Crippen LogP contribution in [-0.4, -0.2) is 9.13 Å². The predicted molar refractivity (Wildman–Crippen MR) is 291 cm³/mol. The monoisotopic (exact) mass is 906 g/mol. The van der Waals surface area contributed by atoms with Crippen LogP contribution in [0.4, 0.5) is 5.69 Å². The number of rotatable bonds is 4. The summed E-state index contributed by atoms with van der Waals surface area (Å²) in [5.41, 5.74) is 16.8. The average molecular weight is 907 g/mol. The zero-order valence-corrected chi connectivity index (χ0v) is 40.1. The molecular weight excluding hydrogens is 865 g/mol. The summed E-state index contributed by atoms with van der Waals surface area (Å²) in [6, 6.07) is 55.5. The second-order valence-corrected chi connectivity index (χ2v) is 20.6. The number of hydrogen-bond acceptors (Lipinski definition) is 3. The van der Waals surface area contributed by atoms with Gasteiger partial charge in [0, 0.05) is 63.6 Å². The van der Waals surface area contributed by atoms with Gasteiger partial charge in [-0.2, -0.15) is 5.26 Å². The Kier molecular flexibility index (Phi) is 8.74. The summed E-state index contributed by atoms with van der Waals surface area (Å²) < 4.78 is 9.61. The summed E-state index contributed by atoms with van der Waals surface area (Å²) >= 11 is 3.62. The highest BCUT2D eigenvalue weighted by molar-refractivity contribution is 7.27. The van der Waals surface area contributed by atoms with E-state index in [0.29, 0.717) is 16.8 Å². The maximum Gasteiger partial charge on any atom is 0.220 e. The van der Waals surface area contributed by atoms with Gasteiger partial charge >= 0.3 is 0 Å². The van der Waals surface area contributed by atoms with Crippen molar-refractivity contribution in [3.05, 3.63) is 196 Å². The Hall–Kier alpha value is -8.00. The number of hydrogen-bond donors (Lipinski definition) is 0. The van der Waals surface area contributed by atoms with Crippen molar-refractivity contribution in [2.45, 2.75) is 41.5 Å². The first-order valence-corrected chi connectivity index (χ1v) is 24.7. The Balaban J connectivity index is 1.38. The van der Waals surface area contributed by atoms with Gasteiger partial charge in [0.2, 0.25) is 5.69 Å². The molecule has 0 aliphatic rings. The molecule has 0 atom stereocenters. The molecule has 6 heteroatoms. The summed E-state index contributed by atoms with van der Waals surface area (Å²) in [5.74, 6) is 0. The van der Waals surface area contributed by atoms with Crippen molar-refractivity contribution in [1.82, 2.24) is 9.13 Å². The SMILES string of the molecule is [C-]#[N+]c1c(-c2ccccc2C)c(C#N)c(-n2c3cc(C)c(C)cc3c3ccc4c5ccccc5sc4c32)c(-c2ccccc2C)c1-n1c2cc(C)c(C)cc2c2ccc3c4ccccc4sc3c21. The van der Waals surface area contributed by atoms with Gasteiger partial charge in [-0.25, -0.2) is 4.85 Å². The van der Waals surface area contributed by atoms with Gasteiger partial charge in [-0.3, -0.25) is 0 Å². The Morgan fingerprint density at radius 2 is 0.868 bits per heavy atom. The summed E-state index contributed by atoms with van der Waals surface area (Å²) in [5, 5.41) is 21.5. The van der Waals surface area contributed by atoms with Crippen molar-refractivity contribution in [2.75, 3.05) is 0 Å². The molecule has 0 spiro atoms. The number of nitriles is 1. The van der Waals surface area contributed by atoms with Crippen LogP contribution in [0, 0.1) is 59.4 Å². The molecule has 0 bridgehead atoms. The van der Waals surface area contributed by atoms with E-state index in [-0.39, 0.29) is 0 Å². The van der Waals surface area contributed by atoms with Crippen LogP contribution in [-0.2, 0) is 0 Å². The number of benzene rings is 9. The minimum Gasteiger partial charge on any atom is -0.317 e. The zero-order chi connectivity index (χ0) is 46.3. The molecule has 322 valence electrons. The second-order valence-electron chi connectivity index (χ2n) is 18.5. The van der Waals surface area contributed by atoms with Crippen LogP contribution in [0.2, 0.25) is 0 Å². The first kappa shape index (κ1) is 40.3. The lowest BCUT2D eigenvalue weighted by Crippen LogP contribution is -2.09. The highest BCUT2D eigenvalue weighted by Crippen LogP contribution is 2.55. The molecule has 13 aromatic rings. The smallest absolute Gasteiger partial charge is 0.220 e. The normalized spacial score (nSPS) is 11.9. The van der Waals surface area contributed by atoms with Crippen molar-refractivity contribution < 1.29 is 0 Å². The van der Waals surface area contributed by atoms with Crippen LogP contribution >= 0.6 is 22.7 Å². The standard InChI is InChI=1S/C62H42N4S2/c1-33-16-8-10-18-39(33)54-49(32-63)57(65-50-30-37(5)35(3)28-47(50)43-24-26-45-41-20-12-14-22-52(41)67-61(45)58(43)65)55(40-19-11-9-17-34(40)2)60(56(54)64-7)66-51-31-38(6)36(4)29-48(51)44-25-27-46-42-21-13-15-23-53(42)68-62(46)59(44)66/h8-31H,1-6H3. The predicted octanol–water partition coefficient (Wildman–Crippen LogP) is 18.2. The number of nitrogens with zero attached hydrogens (tertiary/aromatic N) is 4. The summed E-state index contributed by atoms with van der Waals surface area (Å²) in [6.45, 7) is 22.5. The fourth-order valence-corrected chi connectivity index (χ4v) is 13.6. The van der Waals surface area contributed by atoms with Gasteiger partial charge in [0.1, 0.15) is 6.07 Å². The van der Waals surface area contributed by atoms with Gasteiger partial charge in [-0.15, -0.1) is 22.7 Å². The van der Waals surface area contributed by atoms with E-state index in [1.54, 1.807) is 0 Å². The molecule has 13 rings (SSSR count). The molecule has 0 N–H and O–H groups in total. The Morgan fingerprint density at radius 1 is 0.441 bits per heavy atom. The third-order valence-electron chi connectivity index (χ3n) is 14.7. The van der Waals surface area contributed by atoms with Gasteiger partial charge in [0.05, 0.1) is 55.0 Å². The molecule has 4 heterocycles. The lowest BCUT2D eigenvalue weighted by molar-refractivity contribution is 1.13. The topological polar surface area (TPSA) is 38.0 Å². The lowest BCUT2D eigenvalue weighted by atomic mass is 9.86. The highest BCUT2D eigenvalue weighted by atomic mass is 32.1. The van der Waals surface area contributed by atoms with Crippen LogP contribution < -0.4 is 0 Å². The molecule has 0 saturated heterocycles. The average Bonchev–Trinajstić information content (AvgIpc) is 4.09. The summed E-state index contributed by atoms with van der Waals surface area (Å²) in [7, 11) is 0. The molecule has 0 aliphatic carbocycles. The van der Waals surface area contributed by atoms with Crippen LogP contribution in [0.3, 0.4) is 0 Å². The van der Waals surface area contributed by atoms with Crippen molar-refractivity contribution in [2.24, 2.45) is 0 Å². The number of aromatic nitrogens is 2. The van der Waals surface area contributed by atoms with E-state index < -0.39 is 0 Å². The Bertz CT molecular complexity index is 4240. The number of aryl methyl sites for hydroxylation is 6. The van der Waals surface area contributed by atoms with Crippen LogP contribution in [0.15, 0.2) is 146 Å². The van der Waals surface area contributed by atoms with Crippen LogP contribution in [0.1, 0.15) is 38.9 Å². The molecular formula is C62H42N4S2. The number of fused-ring (bicyclic) bond motifs is 14. The first-order valence-electron chi connectivity index (χ1n) is 23.0. The summed E-state index contributed by atoms with van der Waals surface area (Å²) in [4.78, 5) is 4.67. The molecule has 4 nitrogen and oxygen atoms in total. The van der Waals surface area contributed by atoms with E-state index in [0.717, 1.165) is 87.5 Å². The van der Waals surface area contributed by atoms with E-state index in [9.17, 15) is 11.8 Å². The molecule has 0 saturated carbocycles. The third kappa shape index (κ3) is 5.45. The fraction of sp³-hybridized carbons (Fsp3) is 0.0968. The first-order chi connectivity index (χ1) is 33.2. The summed E-state index contributed by atoms with van der Waals surface area (Å²) in [6.07, 6.45) is 0. The van der Waals surface area contributed by atoms with Gasteiger partial charge in [-0.05, 0) is 122 Å². The molecule has 4 aromatic heterocycles. The van der Waals surface area contributed by atoms with E-state index in [4.69, 9.17) is 0 Å². The van der Waals surface area contributed by atoms with Crippen LogP contribution in [0.5, 0.6) is 0 Å². The molecule has 9 aromatic carbocycles. The van der Waals surface area contributed by atoms with Crippen molar-refractivity contribution >= 4 is 112 Å². The van der Waals surface area contributed by atoms with Gasteiger partial charge in [0.15, 0.2) is 0 Å². The fourth-order valence-electron chi connectivity index (χ4n) is 11.1. The second kappa shape index (κ2) is 14.8. The molecule has 68 heavy (non-hydrogen) atoms. The Morgan fingerprint density at radius 3 is 1.35 bits per heavy atom. The minimum absolute atomic E-state index is 0.452. The number of thiophene rings is 2. The van der Waals surface area contributed by atoms with E-state index in [1.165, 1.54) is 57.9 Å². The van der Waals surface area contributed by atoms with E-state index >= 15 is 0 Å². The van der Waals surface area contributed by atoms with Gasteiger partial charge in [-0.1, -0.05) is 109 Å². The van der Waals surface area contributed by atoms with Crippen molar-refractivity contribution in [3.8, 4) is 39.7 Å². The molecule has 0 aliphatic heterocycles.